The molecule has 0 saturated heterocycles. The highest BCUT2D eigenvalue weighted by Gasteiger charge is 2.13. The van der Waals surface area contributed by atoms with E-state index in [1.165, 1.54) is 90.6 Å². The molecule has 1 rings (SSSR count). The number of methoxy groups -OCH3 is 1. The van der Waals surface area contributed by atoms with Crippen LogP contribution in [-0.2, 0) is 9.53 Å². The summed E-state index contributed by atoms with van der Waals surface area (Å²) in [5.74, 6) is -0.0651. The van der Waals surface area contributed by atoms with Gasteiger partial charge in [0.1, 0.15) is 0 Å². The number of unbranched alkanes of at least 4 members (excludes halogenated alkanes) is 8. The zero-order valence-corrected chi connectivity index (χ0v) is 15.6. The second-order valence-corrected chi connectivity index (χ2v) is 7.07. The first-order chi connectivity index (χ1) is 11.3. The molecule has 2 nitrogen and oxygen atoms in total. The molecule has 134 valence electrons. The first-order valence-electron chi connectivity index (χ1n) is 10.0. The van der Waals surface area contributed by atoms with Crippen molar-refractivity contribution >= 4 is 5.97 Å². The molecule has 0 aromatic rings. The van der Waals surface area contributed by atoms with Gasteiger partial charge in [-0.25, -0.2) is 0 Å². The molecule has 0 unspecified atom stereocenters. The van der Waals surface area contributed by atoms with Crippen LogP contribution in [-0.4, -0.2) is 13.1 Å². The van der Waals surface area contributed by atoms with Crippen LogP contribution < -0.4 is 0 Å². The quantitative estimate of drug-likeness (QED) is 0.201. The molecule has 0 aromatic carbocycles. The molecular weight excluding hydrogens is 284 g/mol. The van der Waals surface area contributed by atoms with Gasteiger partial charge in [-0.2, -0.15) is 0 Å². The summed E-state index contributed by atoms with van der Waals surface area (Å²) >= 11 is 0. The van der Waals surface area contributed by atoms with Crippen LogP contribution in [0.3, 0.4) is 0 Å². The van der Waals surface area contributed by atoms with Crippen molar-refractivity contribution in [3.63, 3.8) is 0 Å². The number of ether oxygens (including phenoxy) is 1. The molecule has 0 aliphatic heterocycles. The molecule has 0 fully saturated rings. The number of esters is 1. The second kappa shape index (κ2) is 13.6. The van der Waals surface area contributed by atoms with Crippen LogP contribution in [0.15, 0.2) is 11.1 Å². The zero-order chi connectivity index (χ0) is 16.8. The van der Waals surface area contributed by atoms with Crippen molar-refractivity contribution in [3.05, 3.63) is 11.1 Å². The topological polar surface area (TPSA) is 26.3 Å². The van der Waals surface area contributed by atoms with Crippen LogP contribution in [0.5, 0.6) is 0 Å². The number of carbonyl (C=O) groups excluding carboxylic acids is 1. The van der Waals surface area contributed by atoms with Gasteiger partial charge in [0.2, 0.25) is 0 Å². The minimum atomic E-state index is -0.0651. The molecule has 0 spiro atoms. The van der Waals surface area contributed by atoms with Gasteiger partial charge in [-0.1, -0.05) is 63.0 Å². The Kier molecular flexibility index (Phi) is 12.0. The maximum atomic E-state index is 11.1. The van der Waals surface area contributed by atoms with Crippen LogP contribution in [0.4, 0.5) is 0 Å². The fourth-order valence-electron chi connectivity index (χ4n) is 3.65. The summed E-state index contributed by atoms with van der Waals surface area (Å²) in [6.07, 6.45) is 20.5. The standard InChI is InChI=1S/C21H38O2/c1-3-4-5-6-7-10-14-19-16-13-17-20(19)15-11-8-9-12-18-21(22)23-2/h3-18H2,1-2H3. The van der Waals surface area contributed by atoms with E-state index >= 15 is 0 Å². The molecule has 0 saturated carbocycles. The highest BCUT2D eigenvalue weighted by Crippen LogP contribution is 2.33. The van der Waals surface area contributed by atoms with E-state index in [9.17, 15) is 4.79 Å². The molecule has 1 aliphatic rings. The average Bonchev–Trinajstić information content (AvgIpc) is 3.01. The molecule has 0 heterocycles. The van der Waals surface area contributed by atoms with E-state index in [0.29, 0.717) is 6.42 Å². The summed E-state index contributed by atoms with van der Waals surface area (Å²) in [4.78, 5) is 11.1. The molecule has 0 radical (unpaired) electrons. The van der Waals surface area contributed by atoms with Crippen molar-refractivity contribution in [3.8, 4) is 0 Å². The third-order valence-corrected chi connectivity index (χ3v) is 5.13. The average molecular weight is 323 g/mol. The lowest BCUT2D eigenvalue weighted by molar-refractivity contribution is -0.140. The molecule has 0 amide bonds. The highest BCUT2D eigenvalue weighted by atomic mass is 16.5. The second-order valence-electron chi connectivity index (χ2n) is 7.07. The van der Waals surface area contributed by atoms with E-state index < -0.39 is 0 Å². The lowest BCUT2D eigenvalue weighted by Crippen LogP contribution is -1.99. The number of rotatable bonds is 14. The summed E-state index contributed by atoms with van der Waals surface area (Å²) in [5, 5.41) is 0. The number of hydrogen-bond acceptors (Lipinski definition) is 2. The maximum absolute atomic E-state index is 11.1. The van der Waals surface area contributed by atoms with Gasteiger partial charge in [0.05, 0.1) is 7.11 Å². The Hall–Kier alpha value is -0.790. The molecular formula is C21H38O2. The van der Waals surface area contributed by atoms with Crippen molar-refractivity contribution in [1.82, 2.24) is 0 Å². The zero-order valence-electron chi connectivity index (χ0n) is 15.6. The minimum Gasteiger partial charge on any atom is -0.469 e. The SMILES string of the molecule is CCCCCCCCC1=C(CCCCCCC(=O)OC)CCC1. The third-order valence-electron chi connectivity index (χ3n) is 5.13. The van der Waals surface area contributed by atoms with Crippen molar-refractivity contribution in [1.29, 1.82) is 0 Å². The van der Waals surface area contributed by atoms with E-state index in [0.717, 1.165) is 12.8 Å². The summed E-state index contributed by atoms with van der Waals surface area (Å²) in [7, 11) is 1.47. The number of allylic oxidation sites excluding steroid dienone is 2. The largest absolute Gasteiger partial charge is 0.469 e. The first kappa shape index (κ1) is 20.3. The number of hydrogen-bond donors (Lipinski definition) is 0. The van der Waals surface area contributed by atoms with Gasteiger partial charge < -0.3 is 4.74 Å². The van der Waals surface area contributed by atoms with E-state index in [-0.39, 0.29) is 5.97 Å². The highest BCUT2D eigenvalue weighted by molar-refractivity contribution is 5.68. The Labute approximate surface area is 144 Å². The van der Waals surface area contributed by atoms with E-state index in [4.69, 9.17) is 0 Å². The lowest BCUT2D eigenvalue weighted by atomic mass is 9.98. The number of carbonyl (C=O) groups is 1. The monoisotopic (exact) mass is 322 g/mol. The van der Waals surface area contributed by atoms with Gasteiger partial charge >= 0.3 is 5.97 Å². The third kappa shape index (κ3) is 9.84. The van der Waals surface area contributed by atoms with Crippen molar-refractivity contribution in [2.75, 3.05) is 7.11 Å². The Balaban J connectivity index is 2.07. The van der Waals surface area contributed by atoms with Crippen LogP contribution in [0.2, 0.25) is 0 Å². The Bertz CT molecular complexity index is 344. The first-order valence-corrected chi connectivity index (χ1v) is 10.0. The van der Waals surface area contributed by atoms with Crippen LogP contribution in [0, 0.1) is 0 Å². The maximum Gasteiger partial charge on any atom is 0.305 e. The summed E-state index contributed by atoms with van der Waals surface area (Å²) in [5.41, 5.74) is 3.58. The van der Waals surface area contributed by atoms with Crippen molar-refractivity contribution < 1.29 is 9.53 Å². The van der Waals surface area contributed by atoms with Gasteiger partial charge in [0.15, 0.2) is 0 Å². The summed E-state index contributed by atoms with van der Waals surface area (Å²) < 4.78 is 4.67. The Morgan fingerprint density at radius 3 is 1.91 bits per heavy atom. The molecule has 0 N–H and O–H groups in total. The Morgan fingerprint density at radius 1 is 0.826 bits per heavy atom. The van der Waals surface area contributed by atoms with Gasteiger partial charge in [-0.3, -0.25) is 4.79 Å². The lowest BCUT2D eigenvalue weighted by Gasteiger charge is -2.08. The molecule has 0 atom stereocenters. The molecule has 2 heteroatoms. The normalized spacial score (nSPS) is 14.5. The Morgan fingerprint density at radius 2 is 1.35 bits per heavy atom. The van der Waals surface area contributed by atoms with E-state index in [1.807, 2.05) is 0 Å². The van der Waals surface area contributed by atoms with Crippen LogP contribution in [0.1, 0.15) is 110 Å². The van der Waals surface area contributed by atoms with Gasteiger partial charge in [-0.05, 0) is 51.4 Å². The van der Waals surface area contributed by atoms with Crippen molar-refractivity contribution in [2.24, 2.45) is 0 Å². The van der Waals surface area contributed by atoms with Crippen LogP contribution in [0.25, 0.3) is 0 Å². The van der Waals surface area contributed by atoms with Crippen LogP contribution >= 0.6 is 0 Å². The fourth-order valence-corrected chi connectivity index (χ4v) is 3.65. The molecule has 0 aromatic heterocycles. The molecule has 0 bridgehead atoms. The predicted octanol–water partition coefficient (Wildman–Crippen LogP) is 6.73. The predicted molar refractivity (Wildman–Crippen MR) is 98.6 cm³/mol. The van der Waals surface area contributed by atoms with Crippen molar-refractivity contribution in [2.45, 2.75) is 110 Å². The van der Waals surface area contributed by atoms with Gasteiger partial charge in [0, 0.05) is 6.42 Å². The fraction of sp³-hybridized carbons (Fsp3) is 0.857. The van der Waals surface area contributed by atoms with Gasteiger partial charge in [0.25, 0.3) is 0 Å². The smallest absolute Gasteiger partial charge is 0.305 e. The summed E-state index contributed by atoms with van der Waals surface area (Å²) in [6, 6.07) is 0. The summed E-state index contributed by atoms with van der Waals surface area (Å²) in [6.45, 7) is 2.28. The van der Waals surface area contributed by atoms with E-state index in [1.54, 1.807) is 11.1 Å². The minimum absolute atomic E-state index is 0.0651. The molecule has 1 aliphatic carbocycles. The molecule has 23 heavy (non-hydrogen) atoms. The van der Waals surface area contributed by atoms with Gasteiger partial charge in [-0.15, -0.1) is 0 Å². The van der Waals surface area contributed by atoms with E-state index in [2.05, 4.69) is 11.7 Å².